The molecule has 0 bridgehead atoms. The van der Waals surface area contributed by atoms with Crippen LogP contribution in [0, 0.1) is 0 Å². The molecule has 0 heterocycles. The van der Waals surface area contributed by atoms with Gasteiger partial charge in [0.15, 0.2) is 0 Å². The molecule has 0 spiro atoms. The maximum Gasteiger partial charge on any atom is 0.136 e. The molecule has 2 rings (SSSR count). The van der Waals surface area contributed by atoms with Gasteiger partial charge in [-0.2, -0.15) is 0 Å². The van der Waals surface area contributed by atoms with Crippen LogP contribution >= 0.6 is 0 Å². The quantitative estimate of drug-likeness (QED) is 0.818. The van der Waals surface area contributed by atoms with Crippen LogP contribution in [0.5, 0.6) is 5.75 Å². The first-order valence-corrected chi connectivity index (χ1v) is 5.16. The number of rotatable bonds is 3. The summed E-state index contributed by atoms with van der Waals surface area (Å²) in [6, 6.07) is 7.34. The first-order chi connectivity index (χ1) is 7.28. The molecule has 80 valence electrons. The largest absolute Gasteiger partial charge is 0.490 e. The van der Waals surface area contributed by atoms with Crippen LogP contribution in [0.1, 0.15) is 24.8 Å². The third-order valence-electron chi connectivity index (χ3n) is 2.58. The van der Waals surface area contributed by atoms with Crippen molar-refractivity contribution in [3.05, 3.63) is 29.8 Å². The van der Waals surface area contributed by atoms with E-state index in [1.165, 1.54) is 0 Å². The van der Waals surface area contributed by atoms with Crippen LogP contribution in [0.15, 0.2) is 24.3 Å². The molecular weight excluding hydrogens is 192 g/mol. The van der Waals surface area contributed by atoms with Crippen molar-refractivity contribution in [3.8, 4) is 5.75 Å². The number of aliphatic hydroxyl groups is 1. The maximum atomic E-state index is 11.0. The number of ketones is 1. The first kappa shape index (κ1) is 10.2. The van der Waals surface area contributed by atoms with Crippen LogP contribution in [-0.4, -0.2) is 17.0 Å². The molecule has 3 heteroatoms. The average Bonchev–Trinajstić information content (AvgIpc) is 2.64. The molecule has 1 aromatic carbocycles. The normalized spacial score (nSPS) is 20.6. The molecule has 1 aromatic rings. The van der Waals surface area contributed by atoms with Crippen molar-refractivity contribution in [2.24, 2.45) is 0 Å². The highest BCUT2D eigenvalue weighted by Gasteiger charge is 2.23. The molecule has 15 heavy (non-hydrogen) atoms. The van der Waals surface area contributed by atoms with E-state index in [1.807, 2.05) is 24.3 Å². The van der Waals surface area contributed by atoms with Crippen molar-refractivity contribution < 1.29 is 14.6 Å². The molecule has 1 saturated carbocycles. The van der Waals surface area contributed by atoms with Gasteiger partial charge in [0.05, 0.1) is 6.61 Å². The number of carbonyl (C=O) groups excluding carboxylic acids is 1. The smallest absolute Gasteiger partial charge is 0.136 e. The highest BCUT2D eigenvalue weighted by molar-refractivity contribution is 5.81. The summed E-state index contributed by atoms with van der Waals surface area (Å²) in [6.07, 6.45) is 1.97. The monoisotopic (exact) mass is 206 g/mol. The Hall–Kier alpha value is -1.35. The van der Waals surface area contributed by atoms with Crippen molar-refractivity contribution in [1.82, 2.24) is 0 Å². The summed E-state index contributed by atoms with van der Waals surface area (Å²) in [4.78, 5) is 11.0. The number of carbonyl (C=O) groups is 1. The predicted molar refractivity (Wildman–Crippen MR) is 55.6 cm³/mol. The van der Waals surface area contributed by atoms with E-state index < -0.39 is 0 Å². The molecule has 0 radical (unpaired) electrons. The van der Waals surface area contributed by atoms with Crippen LogP contribution in [0.2, 0.25) is 0 Å². The Balaban J connectivity index is 2.01. The summed E-state index contributed by atoms with van der Waals surface area (Å²) >= 11 is 0. The maximum absolute atomic E-state index is 11.0. The molecule has 0 saturated heterocycles. The standard InChI is InChI=1S/C12H14O3/c13-8-9-2-1-3-11(6-9)15-12-5-4-10(14)7-12/h1-3,6,12-13H,4-5,7-8H2. The fraction of sp³-hybridized carbons (Fsp3) is 0.417. The molecular formula is C12H14O3. The molecule has 1 aliphatic rings. The Kier molecular flexibility index (Phi) is 3.02. The first-order valence-electron chi connectivity index (χ1n) is 5.16. The summed E-state index contributed by atoms with van der Waals surface area (Å²) in [7, 11) is 0. The number of hydrogen-bond acceptors (Lipinski definition) is 3. The zero-order valence-corrected chi connectivity index (χ0v) is 8.48. The number of Topliss-reactive ketones (excluding diaryl/α,β-unsaturated/α-hetero) is 1. The van der Waals surface area contributed by atoms with Crippen LogP contribution in [0.25, 0.3) is 0 Å². The zero-order valence-electron chi connectivity index (χ0n) is 8.48. The average molecular weight is 206 g/mol. The van der Waals surface area contributed by atoms with E-state index in [9.17, 15) is 4.79 Å². The van der Waals surface area contributed by atoms with Crippen molar-refractivity contribution in [3.63, 3.8) is 0 Å². The second-order valence-corrected chi connectivity index (χ2v) is 3.83. The van der Waals surface area contributed by atoms with Gasteiger partial charge < -0.3 is 9.84 Å². The van der Waals surface area contributed by atoms with Crippen LogP contribution in [0.3, 0.4) is 0 Å². The van der Waals surface area contributed by atoms with E-state index in [1.54, 1.807) is 0 Å². The number of ether oxygens (including phenoxy) is 1. The minimum Gasteiger partial charge on any atom is -0.490 e. The predicted octanol–water partition coefficient (Wildman–Crippen LogP) is 1.68. The molecule has 0 aromatic heterocycles. The van der Waals surface area contributed by atoms with E-state index in [2.05, 4.69) is 0 Å². The van der Waals surface area contributed by atoms with E-state index in [0.717, 1.165) is 17.7 Å². The highest BCUT2D eigenvalue weighted by atomic mass is 16.5. The van der Waals surface area contributed by atoms with E-state index >= 15 is 0 Å². The summed E-state index contributed by atoms with van der Waals surface area (Å²) in [6.45, 7) is 0.0147. The zero-order chi connectivity index (χ0) is 10.7. The Morgan fingerprint density at radius 3 is 3.00 bits per heavy atom. The minimum atomic E-state index is 0.0147. The SMILES string of the molecule is O=C1CCC(Oc2cccc(CO)c2)C1. The lowest BCUT2D eigenvalue weighted by atomic mass is 10.2. The van der Waals surface area contributed by atoms with Gasteiger partial charge in [-0.3, -0.25) is 4.79 Å². The van der Waals surface area contributed by atoms with E-state index in [0.29, 0.717) is 12.8 Å². The van der Waals surface area contributed by atoms with Gasteiger partial charge in [0.25, 0.3) is 0 Å². The summed E-state index contributed by atoms with van der Waals surface area (Å²) in [5, 5.41) is 8.96. The van der Waals surface area contributed by atoms with Crippen molar-refractivity contribution in [2.45, 2.75) is 32.0 Å². The summed E-state index contributed by atoms with van der Waals surface area (Å²) in [5.74, 6) is 1.01. The molecule has 3 nitrogen and oxygen atoms in total. The Morgan fingerprint density at radius 1 is 1.47 bits per heavy atom. The third-order valence-corrected chi connectivity index (χ3v) is 2.58. The fourth-order valence-corrected chi connectivity index (χ4v) is 1.79. The fourth-order valence-electron chi connectivity index (χ4n) is 1.79. The van der Waals surface area contributed by atoms with E-state index in [4.69, 9.17) is 9.84 Å². The second-order valence-electron chi connectivity index (χ2n) is 3.83. The van der Waals surface area contributed by atoms with Crippen molar-refractivity contribution in [2.75, 3.05) is 0 Å². The second kappa shape index (κ2) is 4.45. The van der Waals surface area contributed by atoms with Gasteiger partial charge >= 0.3 is 0 Å². The lowest BCUT2D eigenvalue weighted by Gasteiger charge is -2.12. The Labute approximate surface area is 88.7 Å². The lowest BCUT2D eigenvalue weighted by molar-refractivity contribution is -0.117. The molecule has 1 unspecified atom stereocenters. The molecule has 0 aliphatic heterocycles. The topological polar surface area (TPSA) is 46.5 Å². The van der Waals surface area contributed by atoms with Gasteiger partial charge in [-0.05, 0) is 24.1 Å². The van der Waals surface area contributed by atoms with Gasteiger partial charge in [0.2, 0.25) is 0 Å². The van der Waals surface area contributed by atoms with Gasteiger partial charge in [-0.25, -0.2) is 0 Å². The van der Waals surface area contributed by atoms with Gasteiger partial charge in [0, 0.05) is 12.8 Å². The van der Waals surface area contributed by atoms with Gasteiger partial charge in [-0.15, -0.1) is 0 Å². The van der Waals surface area contributed by atoms with Gasteiger partial charge in [0.1, 0.15) is 17.6 Å². The lowest BCUT2D eigenvalue weighted by Crippen LogP contribution is -2.12. The molecule has 1 N–H and O–H groups in total. The molecule has 1 aliphatic carbocycles. The molecule has 0 amide bonds. The third kappa shape index (κ3) is 2.57. The van der Waals surface area contributed by atoms with Gasteiger partial charge in [-0.1, -0.05) is 12.1 Å². The van der Waals surface area contributed by atoms with E-state index in [-0.39, 0.29) is 18.5 Å². The van der Waals surface area contributed by atoms with Crippen LogP contribution in [0.4, 0.5) is 0 Å². The number of aliphatic hydroxyl groups excluding tert-OH is 1. The summed E-state index contributed by atoms with van der Waals surface area (Å²) in [5.41, 5.74) is 0.830. The van der Waals surface area contributed by atoms with Crippen LogP contribution in [-0.2, 0) is 11.4 Å². The highest BCUT2D eigenvalue weighted by Crippen LogP contribution is 2.22. The number of hydrogen-bond donors (Lipinski definition) is 1. The minimum absolute atomic E-state index is 0.0147. The van der Waals surface area contributed by atoms with Crippen LogP contribution < -0.4 is 4.74 Å². The Bertz CT molecular complexity index is 360. The molecule has 1 atom stereocenters. The Morgan fingerprint density at radius 2 is 2.33 bits per heavy atom. The molecule has 1 fully saturated rings. The van der Waals surface area contributed by atoms with Crippen molar-refractivity contribution >= 4 is 5.78 Å². The number of benzene rings is 1. The summed E-state index contributed by atoms with van der Waals surface area (Å²) < 4.78 is 5.66. The van der Waals surface area contributed by atoms with Crippen molar-refractivity contribution in [1.29, 1.82) is 0 Å².